The molecular formula is C18H29BrN2O2Si. The van der Waals surface area contributed by atoms with Crippen LogP contribution in [0.5, 0.6) is 0 Å². The van der Waals surface area contributed by atoms with E-state index in [-0.39, 0.29) is 11.1 Å². The third-order valence-electron chi connectivity index (χ3n) is 5.17. The molecule has 0 bridgehead atoms. The highest BCUT2D eigenvalue weighted by atomic mass is 79.9. The van der Waals surface area contributed by atoms with E-state index in [2.05, 4.69) is 49.8 Å². The fourth-order valence-electron chi connectivity index (χ4n) is 2.56. The second-order valence-corrected chi connectivity index (χ2v) is 13.7. The Kier molecular flexibility index (Phi) is 5.82. The summed E-state index contributed by atoms with van der Waals surface area (Å²) >= 11 is 3.47. The molecular weight excluding hydrogens is 384 g/mol. The predicted molar refractivity (Wildman–Crippen MR) is 106 cm³/mol. The zero-order valence-corrected chi connectivity index (χ0v) is 18.2. The first-order chi connectivity index (χ1) is 11.0. The van der Waals surface area contributed by atoms with Crippen molar-refractivity contribution in [2.75, 3.05) is 31.1 Å². The fraction of sp³-hybridized carbons (Fsp3) is 0.611. The van der Waals surface area contributed by atoms with Crippen molar-refractivity contribution >= 4 is 36.0 Å². The van der Waals surface area contributed by atoms with Gasteiger partial charge >= 0.3 is 6.03 Å². The molecule has 1 saturated heterocycles. The Bertz CT molecular complexity index is 614. The lowest BCUT2D eigenvalue weighted by molar-refractivity contribution is 0.200. The van der Waals surface area contributed by atoms with Crippen LogP contribution in [0.15, 0.2) is 22.7 Å². The van der Waals surface area contributed by atoms with Crippen LogP contribution in [-0.4, -0.2) is 45.5 Å². The highest BCUT2D eigenvalue weighted by molar-refractivity contribution is 9.10. The third-order valence-corrected chi connectivity index (χ3v) is 10.2. The minimum atomic E-state index is -1.75. The van der Waals surface area contributed by atoms with E-state index in [1.54, 1.807) is 0 Å². The van der Waals surface area contributed by atoms with Crippen LogP contribution in [0.1, 0.15) is 26.3 Å². The van der Waals surface area contributed by atoms with E-state index in [1.165, 1.54) is 0 Å². The maximum absolute atomic E-state index is 12.7. The van der Waals surface area contributed by atoms with E-state index in [1.807, 2.05) is 34.9 Å². The van der Waals surface area contributed by atoms with Gasteiger partial charge in [-0.05, 0) is 48.8 Å². The lowest BCUT2D eigenvalue weighted by Gasteiger charge is -2.36. The zero-order valence-electron chi connectivity index (χ0n) is 15.6. The Labute approximate surface area is 155 Å². The molecule has 24 heavy (non-hydrogen) atoms. The van der Waals surface area contributed by atoms with Crippen LogP contribution in [0, 0.1) is 6.92 Å². The fourth-order valence-corrected chi connectivity index (χ4v) is 4.07. The SMILES string of the molecule is Cc1cc(Br)ccc1N1CCN(CCO[Si](C)(C)C(C)(C)C)C1=O. The normalized spacial score (nSPS) is 16.2. The molecule has 1 aromatic rings. The molecule has 2 rings (SSSR count). The van der Waals surface area contributed by atoms with Gasteiger partial charge in [0.25, 0.3) is 0 Å². The molecule has 0 radical (unpaired) electrons. The van der Waals surface area contributed by atoms with Gasteiger partial charge in [-0.25, -0.2) is 4.79 Å². The minimum Gasteiger partial charge on any atom is -0.415 e. The number of carbonyl (C=O) groups is 1. The molecule has 0 aromatic heterocycles. The van der Waals surface area contributed by atoms with Crippen molar-refractivity contribution in [1.82, 2.24) is 4.90 Å². The second kappa shape index (κ2) is 7.18. The maximum Gasteiger partial charge on any atom is 0.324 e. The summed E-state index contributed by atoms with van der Waals surface area (Å²) in [7, 11) is -1.75. The van der Waals surface area contributed by atoms with Crippen molar-refractivity contribution in [3.05, 3.63) is 28.2 Å². The van der Waals surface area contributed by atoms with Crippen LogP contribution < -0.4 is 4.90 Å². The summed E-state index contributed by atoms with van der Waals surface area (Å²) in [5, 5.41) is 0.197. The molecule has 4 nitrogen and oxygen atoms in total. The smallest absolute Gasteiger partial charge is 0.324 e. The van der Waals surface area contributed by atoms with E-state index in [9.17, 15) is 4.79 Å². The number of rotatable bonds is 5. The van der Waals surface area contributed by atoms with Crippen molar-refractivity contribution in [2.45, 2.75) is 45.8 Å². The summed E-state index contributed by atoms with van der Waals surface area (Å²) in [6.07, 6.45) is 0. The van der Waals surface area contributed by atoms with Gasteiger partial charge in [0, 0.05) is 29.8 Å². The van der Waals surface area contributed by atoms with Gasteiger partial charge in [-0.15, -0.1) is 0 Å². The van der Waals surface area contributed by atoms with Crippen LogP contribution in [-0.2, 0) is 4.43 Å². The number of halogens is 1. The number of nitrogens with zero attached hydrogens (tertiary/aromatic N) is 2. The van der Waals surface area contributed by atoms with Gasteiger partial charge < -0.3 is 9.33 Å². The van der Waals surface area contributed by atoms with Crippen molar-refractivity contribution < 1.29 is 9.22 Å². The average Bonchev–Trinajstić information content (AvgIpc) is 2.79. The molecule has 0 N–H and O–H groups in total. The molecule has 1 fully saturated rings. The van der Waals surface area contributed by atoms with E-state index in [0.29, 0.717) is 13.2 Å². The van der Waals surface area contributed by atoms with Gasteiger partial charge in [-0.1, -0.05) is 36.7 Å². The summed E-state index contributed by atoms with van der Waals surface area (Å²) in [6, 6.07) is 6.12. The number of hydrogen-bond acceptors (Lipinski definition) is 2. The number of benzene rings is 1. The molecule has 0 atom stereocenters. The van der Waals surface area contributed by atoms with E-state index >= 15 is 0 Å². The molecule has 134 valence electrons. The topological polar surface area (TPSA) is 32.8 Å². The van der Waals surface area contributed by atoms with Gasteiger partial charge in [0.15, 0.2) is 8.32 Å². The largest absolute Gasteiger partial charge is 0.415 e. The van der Waals surface area contributed by atoms with Crippen LogP contribution in [0.4, 0.5) is 10.5 Å². The molecule has 2 amide bonds. The number of anilines is 1. The van der Waals surface area contributed by atoms with Crippen LogP contribution in [0.25, 0.3) is 0 Å². The molecule has 0 saturated carbocycles. The summed E-state index contributed by atoms with van der Waals surface area (Å²) in [5.41, 5.74) is 2.10. The molecule has 0 unspecified atom stereocenters. The van der Waals surface area contributed by atoms with Crippen LogP contribution in [0.2, 0.25) is 18.1 Å². The van der Waals surface area contributed by atoms with E-state index in [0.717, 1.165) is 28.8 Å². The van der Waals surface area contributed by atoms with Crippen molar-refractivity contribution in [3.8, 4) is 0 Å². The molecule has 1 heterocycles. The predicted octanol–water partition coefficient (Wildman–Crippen LogP) is 5.02. The first-order valence-corrected chi connectivity index (χ1v) is 12.2. The molecule has 0 aliphatic carbocycles. The van der Waals surface area contributed by atoms with Gasteiger partial charge in [-0.2, -0.15) is 0 Å². The Morgan fingerprint density at radius 3 is 2.50 bits per heavy atom. The lowest BCUT2D eigenvalue weighted by atomic mass is 10.2. The highest BCUT2D eigenvalue weighted by Crippen LogP contribution is 2.36. The highest BCUT2D eigenvalue weighted by Gasteiger charge is 2.37. The van der Waals surface area contributed by atoms with Crippen molar-refractivity contribution in [1.29, 1.82) is 0 Å². The number of carbonyl (C=O) groups excluding carboxylic acids is 1. The number of amides is 2. The average molecular weight is 413 g/mol. The summed E-state index contributed by atoms with van der Waals surface area (Å²) in [6.45, 7) is 16.0. The van der Waals surface area contributed by atoms with Crippen LogP contribution in [0.3, 0.4) is 0 Å². The first-order valence-electron chi connectivity index (χ1n) is 8.49. The number of hydrogen-bond donors (Lipinski definition) is 0. The molecule has 1 aliphatic rings. The van der Waals surface area contributed by atoms with Crippen LogP contribution >= 0.6 is 15.9 Å². The summed E-state index contributed by atoms with van der Waals surface area (Å²) in [4.78, 5) is 16.5. The van der Waals surface area contributed by atoms with Gasteiger partial charge in [0.1, 0.15) is 0 Å². The van der Waals surface area contributed by atoms with Gasteiger partial charge in [0.2, 0.25) is 0 Å². The quantitative estimate of drug-likeness (QED) is 0.635. The maximum atomic E-state index is 12.7. The Hall–Kier alpha value is -0.853. The van der Waals surface area contributed by atoms with E-state index < -0.39 is 8.32 Å². The molecule has 1 aromatic carbocycles. The molecule has 1 aliphatic heterocycles. The third kappa shape index (κ3) is 4.21. The molecule has 6 heteroatoms. The summed E-state index contributed by atoms with van der Waals surface area (Å²) in [5.74, 6) is 0. The van der Waals surface area contributed by atoms with Gasteiger partial charge in [-0.3, -0.25) is 4.90 Å². The number of aryl methyl sites for hydroxylation is 1. The standard InChI is InChI=1S/C18H29BrN2O2Si/c1-14-13-15(19)7-8-16(14)21-10-9-20(17(21)22)11-12-23-24(5,6)18(2,3)4/h7-8,13H,9-12H2,1-6H3. The Balaban J connectivity index is 1.95. The van der Waals surface area contributed by atoms with Gasteiger partial charge in [0.05, 0.1) is 6.61 Å². The Morgan fingerprint density at radius 2 is 1.92 bits per heavy atom. The van der Waals surface area contributed by atoms with Crippen molar-refractivity contribution in [2.24, 2.45) is 0 Å². The number of urea groups is 1. The molecule has 0 spiro atoms. The summed E-state index contributed by atoms with van der Waals surface area (Å²) < 4.78 is 7.24. The zero-order chi connectivity index (χ0) is 18.1. The Morgan fingerprint density at radius 1 is 1.25 bits per heavy atom. The first kappa shape index (κ1) is 19.5. The monoisotopic (exact) mass is 412 g/mol. The van der Waals surface area contributed by atoms with Crippen molar-refractivity contribution in [3.63, 3.8) is 0 Å². The minimum absolute atomic E-state index is 0.0826. The lowest BCUT2D eigenvalue weighted by Crippen LogP contribution is -2.43. The van der Waals surface area contributed by atoms with E-state index in [4.69, 9.17) is 4.43 Å². The second-order valence-electron chi connectivity index (χ2n) is 7.96.